The van der Waals surface area contributed by atoms with Gasteiger partial charge in [-0.05, 0) is 49.4 Å². The van der Waals surface area contributed by atoms with Gasteiger partial charge in [0, 0.05) is 12.7 Å². The minimum absolute atomic E-state index is 0.0561. The van der Waals surface area contributed by atoms with Crippen LogP contribution in [0.5, 0.6) is 5.75 Å². The Morgan fingerprint density at radius 1 is 1.17 bits per heavy atom. The smallest absolute Gasteiger partial charge is 0.261 e. The second-order valence-corrected chi connectivity index (χ2v) is 6.87. The summed E-state index contributed by atoms with van der Waals surface area (Å²) in [6.07, 6.45) is 0. The van der Waals surface area contributed by atoms with Crippen molar-refractivity contribution in [2.45, 2.75) is 11.8 Å². The normalized spacial score (nSPS) is 11.0. The van der Waals surface area contributed by atoms with E-state index in [4.69, 9.17) is 16.3 Å². The number of rotatable bonds is 6. The van der Waals surface area contributed by atoms with Crippen LogP contribution in [-0.2, 0) is 10.0 Å². The van der Waals surface area contributed by atoms with E-state index >= 15 is 0 Å². The summed E-state index contributed by atoms with van der Waals surface area (Å²) in [7, 11) is -2.41. The van der Waals surface area contributed by atoms with Crippen molar-refractivity contribution in [2.24, 2.45) is 0 Å². The minimum atomic E-state index is -3.85. The van der Waals surface area contributed by atoms with Gasteiger partial charge in [-0.25, -0.2) is 8.42 Å². The number of carbonyl (C=O) groups excluding carboxylic acids is 1. The molecule has 0 aromatic heterocycles. The summed E-state index contributed by atoms with van der Waals surface area (Å²) in [4.78, 5) is 11.7. The topological polar surface area (TPSA) is 84.5 Å². The molecule has 2 N–H and O–H groups in total. The SMILES string of the molecule is CCOc1ccc(NS(=O)(=O)c2ccc(Cl)c(C(=O)NC)c2)cc1. The lowest BCUT2D eigenvalue weighted by Gasteiger charge is -2.11. The molecule has 24 heavy (non-hydrogen) atoms. The number of nitrogens with one attached hydrogen (secondary N) is 2. The molecular weight excluding hydrogens is 352 g/mol. The number of hydrogen-bond donors (Lipinski definition) is 2. The van der Waals surface area contributed by atoms with Crippen LogP contribution in [0, 0.1) is 0 Å². The van der Waals surface area contributed by atoms with Gasteiger partial charge in [-0.15, -0.1) is 0 Å². The first-order valence-corrected chi connectivity index (χ1v) is 9.01. The highest BCUT2D eigenvalue weighted by Gasteiger charge is 2.18. The average Bonchev–Trinajstić information content (AvgIpc) is 2.56. The van der Waals surface area contributed by atoms with Crippen LogP contribution in [0.1, 0.15) is 17.3 Å². The predicted molar refractivity (Wildman–Crippen MR) is 93.3 cm³/mol. The van der Waals surface area contributed by atoms with Crippen molar-refractivity contribution < 1.29 is 17.9 Å². The van der Waals surface area contributed by atoms with Gasteiger partial charge in [0.1, 0.15) is 5.75 Å². The van der Waals surface area contributed by atoms with Crippen molar-refractivity contribution >= 4 is 33.2 Å². The Hall–Kier alpha value is -2.25. The first kappa shape index (κ1) is 18.1. The van der Waals surface area contributed by atoms with E-state index in [1.165, 1.54) is 25.2 Å². The van der Waals surface area contributed by atoms with Crippen molar-refractivity contribution in [1.82, 2.24) is 5.32 Å². The molecular formula is C16H17ClN2O4S. The van der Waals surface area contributed by atoms with Crippen LogP contribution in [0.25, 0.3) is 0 Å². The Morgan fingerprint density at radius 2 is 1.83 bits per heavy atom. The Kier molecular flexibility index (Phi) is 5.69. The standard InChI is InChI=1S/C16H17ClN2O4S/c1-3-23-12-6-4-11(5-7-12)19-24(21,22)13-8-9-15(17)14(10-13)16(20)18-2/h4-10,19H,3H2,1-2H3,(H,18,20). The lowest BCUT2D eigenvalue weighted by atomic mass is 10.2. The molecule has 0 aliphatic heterocycles. The van der Waals surface area contributed by atoms with Crippen molar-refractivity contribution in [3.05, 3.63) is 53.1 Å². The lowest BCUT2D eigenvalue weighted by Crippen LogP contribution is -2.19. The fraction of sp³-hybridized carbons (Fsp3) is 0.188. The van der Waals surface area contributed by atoms with Gasteiger partial charge in [-0.1, -0.05) is 11.6 Å². The van der Waals surface area contributed by atoms with Gasteiger partial charge in [0.05, 0.1) is 22.1 Å². The lowest BCUT2D eigenvalue weighted by molar-refractivity contribution is 0.0963. The number of benzene rings is 2. The van der Waals surface area contributed by atoms with Crippen LogP contribution < -0.4 is 14.8 Å². The summed E-state index contributed by atoms with van der Waals surface area (Å²) in [5.41, 5.74) is 0.476. The molecule has 2 rings (SSSR count). The number of anilines is 1. The highest BCUT2D eigenvalue weighted by atomic mass is 35.5. The summed E-state index contributed by atoms with van der Waals surface area (Å²) in [6.45, 7) is 2.39. The summed E-state index contributed by atoms with van der Waals surface area (Å²) in [5, 5.41) is 2.59. The van der Waals surface area contributed by atoms with Gasteiger partial charge in [0.25, 0.3) is 15.9 Å². The zero-order valence-electron chi connectivity index (χ0n) is 13.2. The molecule has 0 saturated heterocycles. The van der Waals surface area contributed by atoms with Crippen LogP contribution >= 0.6 is 11.6 Å². The van der Waals surface area contributed by atoms with E-state index in [2.05, 4.69) is 10.0 Å². The van der Waals surface area contributed by atoms with E-state index in [0.29, 0.717) is 18.0 Å². The molecule has 0 bridgehead atoms. The Labute approximate surface area is 145 Å². The zero-order chi connectivity index (χ0) is 17.7. The van der Waals surface area contributed by atoms with Gasteiger partial charge < -0.3 is 10.1 Å². The Morgan fingerprint density at radius 3 is 2.42 bits per heavy atom. The molecule has 0 unspecified atom stereocenters. The van der Waals surface area contributed by atoms with Crippen molar-refractivity contribution in [1.29, 1.82) is 0 Å². The molecule has 6 nitrogen and oxygen atoms in total. The Bertz CT molecular complexity index is 836. The molecule has 8 heteroatoms. The van der Waals surface area contributed by atoms with Gasteiger partial charge in [-0.2, -0.15) is 0 Å². The molecule has 1 amide bonds. The van der Waals surface area contributed by atoms with Crippen LogP contribution in [0.2, 0.25) is 5.02 Å². The van der Waals surface area contributed by atoms with Crippen LogP contribution in [-0.4, -0.2) is 28.0 Å². The molecule has 0 aliphatic rings. The largest absolute Gasteiger partial charge is 0.494 e. The van der Waals surface area contributed by atoms with E-state index in [9.17, 15) is 13.2 Å². The second kappa shape index (κ2) is 7.55. The van der Waals surface area contributed by atoms with Crippen molar-refractivity contribution in [3.63, 3.8) is 0 Å². The van der Waals surface area contributed by atoms with Crippen molar-refractivity contribution in [3.8, 4) is 5.75 Å². The molecule has 0 atom stereocenters. The minimum Gasteiger partial charge on any atom is -0.494 e. The maximum Gasteiger partial charge on any atom is 0.261 e. The molecule has 2 aromatic rings. The first-order valence-electron chi connectivity index (χ1n) is 7.14. The van der Waals surface area contributed by atoms with Crippen LogP contribution in [0.15, 0.2) is 47.4 Å². The summed E-state index contributed by atoms with van der Waals surface area (Å²) in [6, 6.07) is 10.5. The second-order valence-electron chi connectivity index (χ2n) is 4.78. The molecule has 0 saturated carbocycles. The summed E-state index contributed by atoms with van der Waals surface area (Å²) < 4.78 is 32.7. The molecule has 0 heterocycles. The summed E-state index contributed by atoms with van der Waals surface area (Å²) >= 11 is 5.94. The molecule has 0 aliphatic carbocycles. The van der Waals surface area contributed by atoms with Crippen LogP contribution in [0.4, 0.5) is 5.69 Å². The predicted octanol–water partition coefficient (Wildman–Crippen LogP) is 2.90. The van der Waals surface area contributed by atoms with Crippen LogP contribution in [0.3, 0.4) is 0 Å². The van der Waals surface area contributed by atoms with Gasteiger partial charge in [-0.3, -0.25) is 9.52 Å². The monoisotopic (exact) mass is 368 g/mol. The van der Waals surface area contributed by atoms with E-state index in [1.54, 1.807) is 24.3 Å². The zero-order valence-corrected chi connectivity index (χ0v) is 14.7. The molecule has 128 valence electrons. The number of sulfonamides is 1. The third kappa shape index (κ3) is 4.18. The maximum absolute atomic E-state index is 12.5. The van der Waals surface area contributed by atoms with E-state index in [1.807, 2.05) is 6.92 Å². The van der Waals surface area contributed by atoms with Gasteiger partial charge >= 0.3 is 0 Å². The number of hydrogen-bond acceptors (Lipinski definition) is 4. The molecule has 2 aromatic carbocycles. The fourth-order valence-electron chi connectivity index (χ4n) is 1.98. The highest BCUT2D eigenvalue weighted by molar-refractivity contribution is 7.92. The Balaban J connectivity index is 2.28. The number of amides is 1. The van der Waals surface area contributed by atoms with Crippen molar-refractivity contribution in [2.75, 3.05) is 18.4 Å². The molecule has 0 radical (unpaired) electrons. The van der Waals surface area contributed by atoms with E-state index in [-0.39, 0.29) is 15.5 Å². The van der Waals surface area contributed by atoms with E-state index in [0.717, 1.165) is 0 Å². The highest BCUT2D eigenvalue weighted by Crippen LogP contribution is 2.23. The van der Waals surface area contributed by atoms with E-state index < -0.39 is 15.9 Å². The third-order valence-electron chi connectivity index (χ3n) is 3.14. The number of halogens is 1. The fourth-order valence-corrected chi connectivity index (χ4v) is 3.27. The first-order chi connectivity index (χ1) is 11.4. The third-order valence-corrected chi connectivity index (χ3v) is 4.85. The maximum atomic E-state index is 12.5. The number of carbonyl (C=O) groups is 1. The van der Waals surface area contributed by atoms with Gasteiger partial charge in [0.15, 0.2) is 0 Å². The quantitative estimate of drug-likeness (QED) is 0.821. The molecule has 0 spiro atoms. The average molecular weight is 369 g/mol. The summed E-state index contributed by atoms with van der Waals surface area (Å²) in [5.74, 6) is 0.187. The molecule has 0 fully saturated rings. The number of ether oxygens (including phenoxy) is 1. The van der Waals surface area contributed by atoms with Gasteiger partial charge in [0.2, 0.25) is 0 Å².